The van der Waals surface area contributed by atoms with Crippen molar-refractivity contribution in [3.05, 3.63) is 18.3 Å². The van der Waals surface area contributed by atoms with Crippen molar-refractivity contribution in [2.24, 2.45) is 5.92 Å². The Bertz CT molecular complexity index is 302. The summed E-state index contributed by atoms with van der Waals surface area (Å²) in [6.07, 6.45) is 4.23. The predicted molar refractivity (Wildman–Crippen MR) is 68.0 cm³/mol. The normalized spacial score (nSPS) is 12.2. The predicted octanol–water partition coefficient (Wildman–Crippen LogP) is 3.33. The molecule has 16 heavy (non-hydrogen) atoms. The summed E-state index contributed by atoms with van der Waals surface area (Å²) in [5.41, 5.74) is 0.993. The van der Waals surface area contributed by atoms with Crippen LogP contribution in [0.4, 0.5) is 5.69 Å². The maximum Gasteiger partial charge on any atom is 0.237 e. The lowest BCUT2D eigenvalue weighted by molar-refractivity contribution is 0.328. The number of hydrogen-bond donors (Lipinski definition) is 1. The molecule has 1 aromatic heterocycles. The summed E-state index contributed by atoms with van der Waals surface area (Å²) in [7, 11) is 0. The molecule has 0 saturated carbocycles. The Balaban J connectivity index is 2.52. The fourth-order valence-electron chi connectivity index (χ4n) is 1.66. The Morgan fingerprint density at radius 2 is 2.25 bits per heavy atom. The number of nitrogens with one attached hydrogen (secondary N) is 1. The number of aromatic nitrogens is 1. The van der Waals surface area contributed by atoms with E-state index in [1.54, 1.807) is 6.20 Å². The van der Waals surface area contributed by atoms with E-state index in [2.05, 4.69) is 24.1 Å². The third-order valence-corrected chi connectivity index (χ3v) is 2.47. The molecule has 1 aromatic rings. The molecule has 0 aromatic carbocycles. The standard InChI is InChI=1S/C13H22N2O/c1-4-7-11(3)10-15-12-8-6-9-14-13(12)16-5-2/h6,8-9,11,15H,4-5,7,10H2,1-3H3. The van der Waals surface area contributed by atoms with Crippen molar-refractivity contribution in [2.75, 3.05) is 18.5 Å². The smallest absolute Gasteiger partial charge is 0.237 e. The number of hydrogen-bond acceptors (Lipinski definition) is 3. The molecule has 0 radical (unpaired) electrons. The largest absolute Gasteiger partial charge is 0.476 e. The summed E-state index contributed by atoms with van der Waals surface area (Å²) in [6, 6.07) is 3.94. The lowest BCUT2D eigenvalue weighted by Gasteiger charge is -2.14. The van der Waals surface area contributed by atoms with Gasteiger partial charge in [0.25, 0.3) is 0 Å². The van der Waals surface area contributed by atoms with E-state index in [0.717, 1.165) is 12.2 Å². The van der Waals surface area contributed by atoms with Crippen molar-refractivity contribution >= 4 is 5.69 Å². The first-order chi connectivity index (χ1) is 7.77. The Hall–Kier alpha value is -1.25. The van der Waals surface area contributed by atoms with Crippen LogP contribution in [0.2, 0.25) is 0 Å². The number of anilines is 1. The second kappa shape index (κ2) is 7.09. The van der Waals surface area contributed by atoms with Crippen LogP contribution in [0, 0.1) is 5.92 Å². The molecule has 0 bridgehead atoms. The van der Waals surface area contributed by atoms with Gasteiger partial charge in [0, 0.05) is 12.7 Å². The Morgan fingerprint density at radius 3 is 2.94 bits per heavy atom. The van der Waals surface area contributed by atoms with Crippen LogP contribution in [0.1, 0.15) is 33.6 Å². The summed E-state index contributed by atoms with van der Waals surface area (Å²) < 4.78 is 5.46. The van der Waals surface area contributed by atoms with Crippen molar-refractivity contribution < 1.29 is 4.74 Å². The monoisotopic (exact) mass is 222 g/mol. The molecule has 3 nitrogen and oxygen atoms in total. The van der Waals surface area contributed by atoms with Gasteiger partial charge in [0.2, 0.25) is 5.88 Å². The molecule has 90 valence electrons. The third-order valence-electron chi connectivity index (χ3n) is 2.47. The maximum absolute atomic E-state index is 5.46. The van der Waals surface area contributed by atoms with Crippen LogP contribution in [0.15, 0.2) is 18.3 Å². The lowest BCUT2D eigenvalue weighted by atomic mass is 10.1. The summed E-state index contributed by atoms with van der Waals surface area (Å²) in [4.78, 5) is 4.21. The van der Waals surface area contributed by atoms with Crippen LogP contribution >= 0.6 is 0 Å². The van der Waals surface area contributed by atoms with Gasteiger partial charge >= 0.3 is 0 Å². The van der Waals surface area contributed by atoms with Gasteiger partial charge in [-0.25, -0.2) is 4.98 Å². The summed E-state index contributed by atoms with van der Waals surface area (Å²) >= 11 is 0. The Labute approximate surface area is 98.2 Å². The summed E-state index contributed by atoms with van der Waals surface area (Å²) in [5, 5.41) is 3.40. The number of rotatable bonds is 7. The average Bonchev–Trinajstić information content (AvgIpc) is 2.29. The van der Waals surface area contributed by atoms with Gasteiger partial charge in [0.15, 0.2) is 0 Å². The van der Waals surface area contributed by atoms with E-state index in [0.29, 0.717) is 18.4 Å². The van der Waals surface area contributed by atoms with Crippen LogP contribution in [-0.4, -0.2) is 18.1 Å². The van der Waals surface area contributed by atoms with Gasteiger partial charge in [-0.1, -0.05) is 20.3 Å². The van der Waals surface area contributed by atoms with Crippen LogP contribution < -0.4 is 10.1 Å². The molecule has 0 aliphatic heterocycles. The van der Waals surface area contributed by atoms with E-state index >= 15 is 0 Å². The molecule has 0 amide bonds. The highest BCUT2D eigenvalue weighted by molar-refractivity contribution is 5.51. The number of ether oxygens (including phenoxy) is 1. The quantitative estimate of drug-likeness (QED) is 0.768. The molecule has 1 N–H and O–H groups in total. The molecule has 1 unspecified atom stereocenters. The van der Waals surface area contributed by atoms with E-state index in [4.69, 9.17) is 4.74 Å². The van der Waals surface area contributed by atoms with Gasteiger partial charge in [0.05, 0.1) is 12.3 Å². The van der Waals surface area contributed by atoms with Crippen molar-refractivity contribution in [3.63, 3.8) is 0 Å². The number of pyridine rings is 1. The van der Waals surface area contributed by atoms with Crippen LogP contribution in [0.25, 0.3) is 0 Å². The molecular formula is C13H22N2O. The lowest BCUT2D eigenvalue weighted by Crippen LogP contribution is -2.12. The zero-order chi connectivity index (χ0) is 11.8. The van der Waals surface area contributed by atoms with Crippen LogP contribution in [0.5, 0.6) is 5.88 Å². The molecule has 0 aliphatic carbocycles. The molecule has 0 spiro atoms. The van der Waals surface area contributed by atoms with Gasteiger partial charge in [-0.3, -0.25) is 0 Å². The molecule has 0 fully saturated rings. The second-order valence-electron chi connectivity index (χ2n) is 4.06. The molecule has 1 heterocycles. The molecular weight excluding hydrogens is 200 g/mol. The minimum absolute atomic E-state index is 0.649. The van der Waals surface area contributed by atoms with Crippen molar-refractivity contribution in [2.45, 2.75) is 33.6 Å². The minimum Gasteiger partial charge on any atom is -0.476 e. The zero-order valence-electron chi connectivity index (χ0n) is 10.5. The maximum atomic E-state index is 5.46. The molecule has 0 aliphatic rings. The molecule has 1 atom stereocenters. The van der Waals surface area contributed by atoms with Gasteiger partial charge in [0.1, 0.15) is 0 Å². The van der Waals surface area contributed by atoms with Crippen molar-refractivity contribution in [3.8, 4) is 5.88 Å². The molecule has 0 saturated heterocycles. The Kier molecular flexibility index (Phi) is 5.68. The van der Waals surface area contributed by atoms with E-state index in [9.17, 15) is 0 Å². The topological polar surface area (TPSA) is 34.2 Å². The molecule has 1 rings (SSSR count). The Morgan fingerprint density at radius 1 is 1.44 bits per heavy atom. The fourth-order valence-corrected chi connectivity index (χ4v) is 1.66. The van der Waals surface area contributed by atoms with Crippen LogP contribution in [-0.2, 0) is 0 Å². The van der Waals surface area contributed by atoms with E-state index in [1.807, 2.05) is 19.1 Å². The highest BCUT2D eigenvalue weighted by Gasteiger charge is 2.05. The first-order valence-electron chi connectivity index (χ1n) is 6.09. The van der Waals surface area contributed by atoms with Crippen LogP contribution in [0.3, 0.4) is 0 Å². The van der Waals surface area contributed by atoms with E-state index in [-0.39, 0.29) is 0 Å². The highest BCUT2D eigenvalue weighted by Crippen LogP contribution is 2.21. The summed E-state index contributed by atoms with van der Waals surface area (Å²) in [5.74, 6) is 1.38. The van der Waals surface area contributed by atoms with Gasteiger partial charge in [-0.05, 0) is 31.4 Å². The first-order valence-corrected chi connectivity index (χ1v) is 6.09. The van der Waals surface area contributed by atoms with Gasteiger partial charge < -0.3 is 10.1 Å². The van der Waals surface area contributed by atoms with Crippen molar-refractivity contribution in [1.29, 1.82) is 0 Å². The average molecular weight is 222 g/mol. The van der Waals surface area contributed by atoms with Crippen molar-refractivity contribution in [1.82, 2.24) is 4.98 Å². The SMILES string of the molecule is CCCC(C)CNc1cccnc1OCC. The molecule has 3 heteroatoms. The highest BCUT2D eigenvalue weighted by atomic mass is 16.5. The summed E-state index contributed by atoms with van der Waals surface area (Å²) in [6.45, 7) is 8.06. The van der Waals surface area contributed by atoms with E-state index < -0.39 is 0 Å². The number of nitrogens with zero attached hydrogens (tertiary/aromatic N) is 1. The second-order valence-corrected chi connectivity index (χ2v) is 4.06. The third kappa shape index (κ3) is 4.09. The van der Waals surface area contributed by atoms with Gasteiger partial charge in [-0.2, -0.15) is 0 Å². The fraction of sp³-hybridized carbons (Fsp3) is 0.615. The minimum atomic E-state index is 0.649. The van der Waals surface area contributed by atoms with E-state index in [1.165, 1.54) is 12.8 Å². The van der Waals surface area contributed by atoms with Gasteiger partial charge in [-0.15, -0.1) is 0 Å². The zero-order valence-corrected chi connectivity index (χ0v) is 10.5. The first kappa shape index (κ1) is 12.8.